The van der Waals surface area contributed by atoms with Gasteiger partial charge < -0.3 is 9.84 Å². The normalized spacial score (nSPS) is 11.4. The quantitative estimate of drug-likeness (QED) is 0.589. The minimum absolute atomic E-state index is 0.0596. The average molecular weight is 348 g/mol. The predicted octanol–water partition coefficient (Wildman–Crippen LogP) is 2.10. The summed E-state index contributed by atoms with van der Waals surface area (Å²) >= 11 is 0. The van der Waals surface area contributed by atoms with Gasteiger partial charge in [-0.2, -0.15) is 13.5 Å². The van der Waals surface area contributed by atoms with Crippen LogP contribution in [0, 0.1) is 0 Å². The van der Waals surface area contributed by atoms with Crippen molar-refractivity contribution in [3.05, 3.63) is 59.7 Å². The second kappa shape index (κ2) is 7.60. The number of sulfonamides is 1. The lowest BCUT2D eigenvalue weighted by atomic mass is 10.1. The number of benzene rings is 2. The van der Waals surface area contributed by atoms with Crippen LogP contribution in [0.15, 0.2) is 58.5 Å². The summed E-state index contributed by atoms with van der Waals surface area (Å²) in [4.78, 5) is 12.9. The largest absolute Gasteiger partial charge is 0.494 e. The maximum absolute atomic E-state index is 12.1. The second-order valence-electron chi connectivity index (χ2n) is 4.68. The van der Waals surface area contributed by atoms with Crippen molar-refractivity contribution in [2.75, 3.05) is 6.61 Å². The summed E-state index contributed by atoms with van der Waals surface area (Å²) in [6.45, 7) is 2.33. The molecule has 24 heavy (non-hydrogen) atoms. The minimum Gasteiger partial charge on any atom is -0.494 e. The third kappa shape index (κ3) is 4.56. The number of nitrogens with one attached hydrogen (secondary N) is 1. The number of nitrogens with zero attached hydrogens (tertiary/aromatic N) is 1. The van der Waals surface area contributed by atoms with Crippen LogP contribution in [0.3, 0.4) is 0 Å². The molecule has 0 amide bonds. The maximum atomic E-state index is 12.1. The van der Waals surface area contributed by atoms with E-state index in [4.69, 9.17) is 9.84 Å². The van der Waals surface area contributed by atoms with Crippen LogP contribution < -0.4 is 9.57 Å². The maximum Gasteiger partial charge on any atom is 0.335 e. The van der Waals surface area contributed by atoms with Crippen molar-refractivity contribution >= 4 is 22.2 Å². The Balaban J connectivity index is 2.04. The Morgan fingerprint density at radius 2 is 1.79 bits per heavy atom. The summed E-state index contributed by atoms with van der Waals surface area (Å²) in [5, 5.41) is 12.5. The van der Waals surface area contributed by atoms with Crippen molar-refractivity contribution in [1.29, 1.82) is 0 Å². The van der Waals surface area contributed by atoms with E-state index in [0.29, 0.717) is 17.9 Å². The third-order valence-electron chi connectivity index (χ3n) is 2.99. The van der Waals surface area contributed by atoms with Crippen LogP contribution in [0.4, 0.5) is 0 Å². The van der Waals surface area contributed by atoms with E-state index in [1.165, 1.54) is 42.6 Å². The molecular formula is C16H16N2O5S. The van der Waals surface area contributed by atoms with Gasteiger partial charge in [0.25, 0.3) is 10.0 Å². The Labute approximate surface area is 139 Å². The predicted molar refractivity (Wildman–Crippen MR) is 88.9 cm³/mol. The summed E-state index contributed by atoms with van der Waals surface area (Å²) in [7, 11) is -3.78. The van der Waals surface area contributed by atoms with Crippen molar-refractivity contribution < 1.29 is 23.1 Å². The molecule has 0 spiro atoms. The summed E-state index contributed by atoms with van der Waals surface area (Å²) in [5.74, 6) is -0.451. The van der Waals surface area contributed by atoms with Crippen LogP contribution >= 0.6 is 0 Å². The first-order chi connectivity index (χ1) is 11.4. The number of carboxylic acids is 1. The van der Waals surface area contributed by atoms with Gasteiger partial charge in [0.05, 0.1) is 23.3 Å². The van der Waals surface area contributed by atoms with E-state index in [2.05, 4.69) is 9.93 Å². The summed E-state index contributed by atoms with van der Waals surface area (Å²) < 4.78 is 29.4. The highest BCUT2D eigenvalue weighted by molar-refractivity contribution is 7.89. The second-order valence-corrected chi connectivity index (χ2v) is 6.35. The van der Waals surface area contributed by atoms with Crippen molar-refractivity contribution in [3.8, 4) is 5.75 Å². The van der Waals surface area contributed by atoms with Gasteiger partial charge in [-0.3, -0.25) is 0 Å². The van der Waals surface area contributed by atoms with Crippen LogP contribution in [-0.2, 0) is 10.0 Å². The summed E-state index contributed by atoms with van der Waals surface area (Å²) in [6, 6.07) is 11.8. The van der Waals surface area contributed by atoms with Gasteiger partial charge >= 0.3 is 5.97 Å². The smallest absolute Gasteiger partial charge is 0.335 e. The lowest BCUT2D eigenvalue weighted by Crippen LogP contribution is -2.18. The Morgan fingerprint density at radius 3 is 2.33 bits per heavy atom. The molecule has 2 aromatic carbocycles. The molecule has 0 bridgehead atoms. The Morgan fingerprint density at radius 1 is 1.17 bits per heavy atom. The highest BCUT2D eigenvalue weighted by Gasteiger charge is 2.12. The van der Waals surface area contributed by atoms with Crippen LogP contribution in [0.1, 0.15) is 22.8 Å². The van der Waals surface area contributed by atoms with Gasteiger partial charge in [0.15, 0.2) is 0 Å². The van der Waals surface area contributed by atoms with Crippen LogP contribution in [0.25, 0.3) is 0 Å². The number of hydrogen-bond acceptors (Lipinski definition) is 5. The molecule has 0 heterocycles. The zero-order chi connectivity index (χ0) is 17.6. The minimum atomic E-state index is -3.78. The van der Waals surface area contributed by atoms with Gasteiger partial charge in [-0.15, -0.1) is 0 Å². The number of carbonyl (C=O) groups is 1. The number of aromatic carboxylic acids is 1. The molecule has 0 aliphatic carbocycles. The first-order valence-corrected chi connectivity index (χ1v) is 8.52. The first-order valence-electron chi connectivity index (χ1n) is 7.03. The molecule has 0 aliphatic heterocycles. The van der Waals surface area contributed by atoms with Gasteiger partial charge in [0, 0.05) is 0 Å². The Kier molecular flexibility index (Phi) is 5.54. The number of ether oxygens (including phenoxy) is 1. The molecule has 0 fully saturated rings. The van der Waals surface area contributed by atoms with Gasteiger partial charge in [0.2, 0.25) is 0 Å². The number of hydrogen-bond donors (Lipinski definition) is 2. The fourth-order valence-electron chi connectivity index (χ4n) is 1.82. The van der Waals surface area contributed by atoms with E-state index in [0.717, 1.165) is 0 Å². The average Bonchev–Trinajstić information content (AvgIpc) is 2.56. The molecule has 0 atom stereocenters. The van der Waals surface area contributed by atoms with E-state index >= 15 is 0 Å². The highest BCUT2D eigenvalue weighted by Crippen LogP contribution is 2.15. The van der Waals surface area contributed by atoms with E-state index in [1.54, 1.807) is 12.1 Å². The van der Waals surface area contributed by atoms with Gasteiger partial charge in [-0.25, -0.2) is 9.63 Å². The van der Waals surface area contributed by atoms with Crippen molar-refractivity contribution in [3.63, 3.8) is 0 Å². The SMILES string of the molecule is CCOc1ccc(S(=O)(=O)N/N=C\c2ccc(C(=O)O)cc2)cc1. The lowest BCUT2D eigenvalue weighted by Gasteiger charge is -2.05. The molecule has 7 nitrogen and oxygen atoms in total. The molecule has 0 aliphatic rings. The van der Waals surface area contributed by atoms with Gasteiger partial charge in [-0.1, -0.05) is 12.1 Å². The summed E-state index contributed by atoms with van der Waals surface area (Å²) in [5.41, 5.74) is 0.705. The Bertz CT molecular complexity index is 828. The van der Waals surface area contributed by atoms with Crippen LogP contribution in [-0.4, -0.2) is 32.3 Å². The number of hydrazone groups is 1. The molecule has 8 heteroatoms. The molecule has 2 N–H and O–H groups in total. The van der Waals surface area contributed by atoms with Crippen molar-refractivity contribution in [1.82, 2.24) is 4.83 Å². The lowest BCUT2D eigenvalue weighted by molar-refractivity contribution is 0.0697. The number of rotatable bonds is 7. The zero-order valence-electron chi connectivity index (χ0n) is 12.8. The molecule has 0 unspecified atom stereocenters. The summed E-state index contributed by atoms with van der Waals surface area (Å²) in [6.07, 6.45) is 1.29. The molecule has 0 radical (unpaired) electrons. The van der Waals surface area contributed by atoms with E-state index < -0.39 is 16.0 Å². The Hall–Kier alpha value is -2.87. The van der Waals surface area contributed by atoms with Crippen molar-refractivity contribution in [2.24, 2.45) is 5.10 Å². The zero-order valence-corrected chi connectivity index (χ0v) is 13.7. The monoisotopic (exact) mass is 348 g/mol. The van der Waals surface area contributed by atoms with Crippen LogP contribution in [0.5, 0.6) is 5.75 Å². The molecule has 0 saturated heterocycles. The van der Waals surface area contributed by atoms with E-state index in [-0.39, 0.29) is 10.5 Å². The molecule has 2 aromatic rings. The fraction of sp³-hybridized carbons (Fsp3) is 0.125. The van der Waals surface area contributed by atoms with Gasteiger partial charge in [-0.05, 0) is 48.9 Å². The van der Waals surface area contributed by atoms with E-state index in [9.17, 15) is 13.2 Å². The molecule has 0 saturated carbocycles. The topological polar surface area (TPSA) is 105 Å². The molecule has 126 valence electrons. The number of carboxylic acid groups (broad SMARTS) is 1. The highest BCUT2D eigenvalue weighted by atomic mass is 32.2. The van der Waals surface area contributed by atoms with E-state index in [1.807, 2.05) is 6.92 Å². The van der Waals surface area contributed by atoms with Gasteiger partial charge in [0.1, 0.15) is 5.75 Å². The fourth-order valence-corrected chi connectivity index (χ4v) is 2.61. The third-order valence-corrected chi connectivity index (χ3v) is 4.23. The molecule has 2 rings (SSSR count). The van der Waals surface area contributed by atoms with Crippen LogP contribution in [0.2, 0.25) is 0 Å². The molecular weight excluding hydrogens is 332 g/mol. The van der Waals surface area contributed by atoms with Crippen molar-refractivity contribution in [2.45, 2.75) is 11.8 Å². The first kappa shape index (κ1) is 17.5. The molecule has 0 aromatic heterocycles. The standard InChI is InChI=1S/C16H16N2O5S/c1-2-23-14-7-9-15(10-8-14)24(21,22)18-17-11-12-3-5-13(6-4-12)16(19)20/h3-11,18H,2H2,1H3,(H,19,20)/b17-11-.